The average Bonchev–Trinajstić information content (AvgIpc) is 3.14. The molecule has 7 heteroatoms. The van der Waals surface area contributed by atoms with E-state index in [0.717, 1.165) is 15.0 Å². The van der Waals surface area contributed by atoms with Gasteiger partial charge in [-0.05, 0) is 42.6 Å². The summed E-state index contributed by atoms with van der Waals surface area (Å²) < 4.78 is 2.26. The van der Waals surface area contributed by atoms with E-state index in [1.807, 2.05) is 30.5 Å². The summed E-state index contributed by atoms with van der Waals surface area (Å²) >= 11 is 4.92. The Labute approximate surface area is 157 Å². The molecular weight excluding hydrogens is 402 g/mol. The minimum atomic E-state index is -0.261. The number of nitrogens with zero attached hydrogens (tertiary/aromatic N) is 2. The van der Waals surface area contributed by atoms with Gasteiger partial charge in [-0.25, -0.2) is 4.68 Å². The second-order valence-electron chi connectivity index (χ2n) is 5.55. The van der Waals surface area contributed by atoms with Gasteiger partial charge in [0.2, 0.25) is 0 Å². The first-order chi connectivity index (χ1) is 12.0. The number of benzene rings is 1. The number of amides is 1. The summed E-state index contributed by atoms with van der Waals surface area (Å²) in [6, 6.07) is 14.0. The number of halogens is 1. The summed E-state index contributed by atoms with van der Waals surface area (Å²) in [4.78, 5) is 25.4. The summed E-state index contributed by atoms with van der Waals surface area (Å²) in [5.74, 6) is -0.185. The zero-order chi connectivity index (χ0) is 17.8. The lowest BCUT2D eigenvalue weighted by Crippen LogP contribution is -2.34. The molecule has 1 atom stereocenters. The summed E-state index contributed by atoms with van der Waals surface area (Å²) in [5, 5.41) is 9.25. The van der Waals surface area contributed by atoms with E-state index in [0.29, 0.717) is 12.1 Å². The highest BCUT2D eigenvalue weighted by molar-refractivity contribution is 9.10. The Morgan fingerprint density at radius 3 is 2.84 bits per heavy atom. The molecule has 1 amide bonds. The smallest absolute Gasteiger partial charge is 0.267 e. The van der Waals surface area contributed by atoms with Gasteiger partial charge in [0.05, 0.1) is 10.9 Å². The van der Waals surface area contributed by atoms with Gasteiger partial charge in [-0.2, -0.15) is 5.10 Å². The Morgan fingerprint density at radius 2 is 2.12 bits per heavy atom. The molecule has 0 bridgehead atoms. The van der Waals surface area contributed by atoms with Crippen molar-refractivity contribution in [2.24, 2.45) is 0 Å². The van der Waals surface area contributed by atoms with Crippen LogP contribution in [-0.2, 0) is 0 Å². The van der Waals surface area contributed by atoms with Gasteiger partial charge in [-0.1, -0.05) is 28.1 Å². The van der Waals surface area contributed by atoms with E-state index in [1.54, 1.807) is 35.6 Å². The highest BCUT2D eigenvalue weighted by atomic mass is 79.9. The largest absolute Gasteiger partial charge is 0.350 e. The van der Waals surface area contributed by atoms with E-state index < -0.39 is 0 Å². The van der Waals surface area contributed by atoms with Crippen molar-refractivity contribution in [1.82, 2.24) is 15.1 Å². The maximum absolute atomic E-state index is 12.2. The number of aromatic nitrogens is 2. The average molecular weight is 418 g/mol. The van der Waals surface area contributed by atoms with Crippen LogP contribution in [0.4, 0.5) is 0 Å². The lowest BCUT2D eigenvalue weighted by molar-refractivity contribution is 0.0947. The van der Waals surface area contributed by atoms with Crippen molar-refractivity contribution in [2.45, 2.75) is 13.0 Å². The fraction of sp³-hybridized carbons (Fsp3) is 0.167. The second-order valence-corrected chi connectivity index (χ2v) is 7.41. The second kappa shape index (κ2) is 7.76. The molecule has 0 saturated heterocycles. The van der Waals surface area contributed by atoms with Crippen molar-refractivity contribution in [3.05, 3.63) is 74.3 Å². The molecule has 0 aliphatic heterocycles. The molecule has 5 nitrogen and oxygen atoms in total. The van der Waals surface area contributed by atoms with Crippen LogP contribution in [0.5, 0.6) is 0 Å². The van der Waals surface area contributed by atoms with Crippen molar-refractivity contribution < 1.29 is 4.79 Å². The van der Waals surface area contributed by atoms with Gasteiger partial charge in [0.25, 0.3) is 11.5 Å². The zero-order valence-electron chi connectivity index (χ0n) is 13.5. The maximum atomic E-state index is 12.2. The third kappa shape index (κ3) is 4.24. The molecule has 1 unspecified atom stereocenters. The van der Waals surface area contributed by atoms with Crippen LogP contribution in [0.2, 0.25) is 0 Å². The topological polar surface area (TPSA) is 64.0 Å². The number of rotatable bonds is 5. The molecule has 0 radical (unpaired) electrons. The molecular formula is C18H16BrN3O2S. The maximum Gasteiger partial charge on any atom is 0.267 e. The molecule has 2 heterocycles. The fourth-order valence-corrected chi connectivity index (χ4v) is 3.45. The minimum Gasteiger partial charge on any atom is -0.350 e. The highest BCUT2D eigenvalue weighted by Gasteiger charge is 2.13. The SMILES string of the molecule is CC(CNC(=O)c1cccc(Br)c1)n1nc(-c2cccs2)ccc1=O. The molecule has 1 N–H and O–H groups in total. The summed E-state index contributed by atoms with van der Waals surface area (Å²) in [6.07, 6.45) is 0. The van der Waals surface area contributed by atoms with Crippen LogP contribution < -0.4 is 10.9 Å². The lowest BCUT2D eigenvalue weighted by atomic mass is 10.2. The third-order valence-corrected chi connectivity index (χ3v) is 5.05. The normalized spacial score (nSPS) is 11.9. The van der Waals surface area contributed by atoms with Crippen molar-refractivity contribution >= 4 is 33.2 Å². The number of hydrogen-bond acceptors (Lipinski definition) is 4. The lowest BCUT2D eigenvalue weighted by Gasteiger charge is -2.15. The quantitative estimate of drug-likeness (QED) is 0.687. The van der Waals surface area contributed by atoms with Crippen LogP contribution in [0.1, 0.15) is 23.3 Å². The summed E-state index contributed by atoms with van der Waals surface area (Å²) in [6.45, 7) is 2.17. The highest BCUT2D eigenvalue weighted by Crippen LogP contribution is 2.21. The van der Waals surface area contributed by atoms with Gasteiger partial charge in [-0.15, -0.1) is 11.3 Å². The monoisotopic (exact) mass is 417 g/mol. The molecule has 1 aromatic carbocycles. The first-order valence-electron chi connectivity index (χ1n) is 7.72. The van der Waals surface area contributed by atoms with E-state index in [2.05, 4.69) is 26.3 Å². The fourth-order valence-electron chi connectivity index (χ4n) is 2.36. The Hall–Kier alpha value is -2.25. The predicted octanol–water partition coefficient (Wildman–Crippen LogP) is 3.73. The molecule has 0 spiro atoms. The molecule has 0 aliphatic carbocycles. The van der Waals surface area contributed by atoms with Gasteiger partial charge in [0, 0.05) is 22.6 Å². The van der Waals surface area contributed by atoms with Crippen molar-refractivity contribution in [1.29, 1.82) is 0 Å². The molecule has 0 aliphatic rings. The Bertz CT molecular complexity index is 937. The van der Waals surface area contributed by atoms with Crippen molar-refractivity contribution in [3.63, 3.8) is 0 Å². The molecule has 128 valence electrons. The first-order valence-corrected chi connectivity index (χ1v) is 9.39. The van der Waals surface area contributed by atoms with Crippen molar-refractivity contribution in [3.8, 4) is 10.6 Å². The van der Waals surface area contributed by atoms with E-state index in [1.165, 1.54) is 10.7 Å². The number of thiophene rings is 1. The van der Waals surface area contributed by atoms with E-state index >= 15 is 0 Å². The molecule has 3 rings (SSSR count). The molecule has 3 aromatic rings. The van der Waals surface area contributed by atoms with E-state index in [9.17, 15) is 9.59 Å². The van der Waals surface area contributed by atoms with Gasteiger partial charge < -0.3 is 5.32 Å². The molecule has 2 aromatic heterocycles. The summed E-state index contributed by atoms with van der Waals surface area (Å²) in [7, 11) is 0. The number of nitrogens with one attached hydrogen (secondary N) is 1. The van der Waals surface area contributed by atoms with Gasteiger partial charge in [0.1, 0.15) is 5.69 Å². The van der Waals surface area contributed by atoms with Gasteiger partial charge >= 0.3 is 0 Å². The summed E-state index contributed by atoms with van der Waals surface area (Å²) in [5.41, 5.74) is 1.12. The van der Waals surface area contributed by atoms with Gasteiger partial charge in [-0.3, -0.25) is 9.59 Å². The van der Waals surface area contributed by atoms with Crippen LogP contribution in [0.15, 0.2) is 63.2 Å². The predicted molar refractivity (Wildman–Crippen MR) is 103 cm³/mol. The molecule has 0 saturated carbocycles. The Kier molecular flexibility index (Phi) is 5.45. The first kappa shape index (κ1) is 17.6. The minimum absolute atomic E-state index is 0.185. The van der Waals surface area contributed by atoms with Crippen molar-refractivity contribution in [2.75, 3.05) is 6.54 Å². The van der Waals surface area contributed by atoms with Crippen LogP contribution in [0.25, 0.3) is 10.6 Å². The van der Waals surface area contributed by atoms with Crippen LogP contribution in [0.3, 0.4) is 0 Å². The Morgan fingerprint density at radius 1 is 1.28 bits per heavy atom. The van der Waals surface area contributed by atoms with E-state index in [4.69, 9.17) is 0 Å². The standard InChI is InChI=1S/C18H16BrN3O2S/c1-12(11-20-18(24)13-4-2-5-14(19)10-13)22-17(23)8-7-15(21-22)16-6-3-9-25-16/h2-10,12H,11H2,1H3,(H,20,24). The number of carbonyl (C=O) groups excluding carboxylic acids is 1. The van der Waals surface area contributed by atoms with Crippen LogP contribution >= 0.6 is 27.3 Å². The third-order valence-electron chi connectivity index (χ3n) is 3.66. The van der Waals surface area contributed by atoms with E-state index in [-0.39, 0.29) is 17.5 Å². The van der Waals surface area contributed by atoms with Gasteiger partial charge in [0.15, 0.2) is 0 Å². The Balaban J connectivity index is 1.73. The molecule has 25 heavy (non-hydrogen) atoms. The zero-order valence-corrected chi connectivity index (χ0v) is 15.9. The van der Waals surface area contributed by atoms with Crippen LogP contribution in [-0.4, -0.2) is 22.2 Å². The molecule has 0 fully saturated rings. The number of carbonyl (C=O) groups is 1. The van der Waals surface area contributed by atoms with Crippen LogP contribution in [0, 0.1) is 0 Å². The number of hydrogen-bond donors (Lipinski definition) is 1.